The summed E-state index contributed by atoms with van der Waals surface area (Å²) in [7, 11) is -3.98. The van der Waals surface area contributed by atoms with Gasteiger partial charge in [0, 0.05) is 20.2 Å². The Labute approximate surface area is 85.0 Å². The van der Waals surface area contributed by atoms with Crippen molar-refractivity contribution in [2.24, 2.45) is 0 Å². The molecule has 1 saturated heterocycles. The summed E-state index contributed by atoms with van der Waals surface area (Å²) in [5, 5.41) is 2.73. The van der Waals surface area contributed by atoms with E-state index in [1.807, 2.05) is 0 Å². The van der Waals surface area contributed by atoms with Gasteiger partial charge in [-0.15, -0.1) is 0 Å². The minimum absolute atomic E-state index is 0.119. The highest BCUT2D eigenvalue weighted by molar-refractivity contribution is 7.90. The van der Waals surface area contributed by atoms with Crippen LogP contribution in [0.15, 0.2) is 0 Å². The van der Waals surface area contributed by atoms with Gasteiger partial charge in [0.05, 0.1) is 12.1 Å². The molecule has 1 heterocycles. The second kappa shape index (κ2) is 4.24. The van der Waals surface area contributed by atoms with E-state index in [9.17, 15) is 21.6 Å². The van der Waals surface area contributed by atoms with Gasteiger partial charge in [-0.3, -0.25) is 0 Å². The van der Waals surface area contributed by atoms with E-state index in [2.05, 4.69) is 5.32 Å². The summed E-state index contributed by atoms with van der Waals surface area (Å²) >= 11 is 0. The number of hydrogen-bond acceptors (Lipinski definition) is 4. The lowest BCUT2D eigenvalue weighted by atomic mass is 10.2. The van der Waals surface area contributed by atoms with Gasteiger partial charge >= 0.3 is 15.5 Å². The smallest absolute Gasteiger partial charge is 0.378 e. The van der Waals surface area contributed by atoms with Gasteiger partial charge in [0.15, 0.2) is 0 Å². The molecule has 1 aliphatic rings. The number of nitrogens with one attached hydrogen (secondary N) is 2. The molecule has 90 valence electrons. The molecular weight excluding hydrogens is 237 g/mol. The van der Waals surface area contributed by atoms with Crippen LogP contribution in [0.5, 0.6) is 0 Å². The van der Waals surface area contributed by atoms with Crippen LogP contribution in [0.4, 0.5) is 13.2 Å². The maximum atomic E-state index is 12.0. The first-order valence-electron chi connectivity index (χ1n) is 4.10. The summed E-state index contributed by atoms with van der Waals surface area (Å²) < 4.78 is 63.9. The van der Waals surface area contributed by atoms with Crippen LogP contribution >= 0.6 is 0 Å². The van der Waals surface area contributed by atoms with Gasteiger partial charge in [0.25, 0.3) is 0 Å². The van der Waals surface area contributed by atoms with Gasteiger partial charge in [0.1, 0.15) is 0 Å². The number of rotatable bonds is 3. The van der Waals surface area contributed by atoms with E-state index in [0.29, 0.717) is 6.54 Å². The Morgan fingerprint density at radius 1 is 1.40 bits per heavy atom. The molecule has 0 amide bonds. The molecule has 1 fully saturated rings. The fraction of sp³-hybridized carbons (Fsp3) is 1.00. The lowest BCUT2D eigenvalue weighted by molar-refractivity contribution is -0.0455. The van der Waals surface area contributed by atoms with Crippen molar-refractivity contribution in [3.8, 4) is 0 Å². The minimum atomic E-state index is -5.29. The van der Waals surface area contributed by atoms with E-state index in [0.717, 1.165) is 0 Å². The van der Waals surface area contributed by atoms with Crippen molar-refractivity contribution in [1.82, 2.24) is 10.0 Å². The molecule has 9 heteroatoms. The maximum Gasteiger partial charge on any atom is 0.511 e. The summed E-state index contributed by atoms with van der Waals surface area (Å²) in [5.74, 6) is 0. The first-order valence-corrected chi connectivity index (χ1v) is 5.58. The van der Waals surface area contributed by atoms with E-state index in [4.69, 9.17) is 4.74 Å². The zero-order valence-electron chi connectivity index (χ0n) is 7.84. The van der Waals surface area contributed by atoms with Gasteiger partial charge in [-0.05, 0) is 0 Å². The topological polar surface area (TPSA) is 67.4 Å². The first-order chi connectivity index (χ1) is 6.78. The Hall–Kier alpha value is -0.380. The fourth-order valence-corrected chi connectivity index (χ4v) is 2.05. The Kier molecular flexibility index (Phi) is 3.59. The third-order valence-corrected chi connectivity index (χ3v) is 3.30. The molecule has 0 aromatic carbocycles. The quantitative estimate of drug-likeness (QED) is 0.700. The molecule has 0 aromatic rings. The highest BCUT2D eigenvalue weighted by Crippen LogP contribution is 2.22. The molecule has 15 heavy (non-hydrogen) atoms. The van der Waals surface area contributed by atoms with Crippen molar-refractivity contribution in [3.05, 3.63) is 0 Å². The van der Waals surface area contributed by atoms with Crippen LogP contribution in [-0.2, 0) is 14.8 Å². The Morgan fingerprint density at radius 2 is 2.00 bits per heavy atom. The van der Waals surface area contributed by atoms with Crippen LogP contribution in [0.25, 0.3) is 0 Å². The highest BCUT2D eigenvalue weighted by atomic mass is 32.2. The molecule has 0 saturated carbocycles. The second-order valence-corrected chi connectivity index (χ2v) is 4.81. The van der Waals surface area contributed by atoms with Crippen molar-refractivity contribution in [1.29, 1.82) is 0 Å². The van der Waals surface area contributed by atoms with E-state index in [1.54, 1.807) is 4.72 Å². The summed E-state index contributed by atoms with van der Waals surface area (Å²) in [4.78, 5) is 0. The number of halogens is 3. The van der Waals surface area contributed by atoms with Gasteiger partial charge in [0.2, 0.25) is 0 Å². The van der Waals surface area contributed by atoms with E-state index >= 15 is 0 Å². The van der Waals surface area contributed by atoms with E-state index in [1.165, 1.54) is 7.11 Å². The molecule has 2 unspecified atom stereocenters. The molecule has 1 rings (SSSR count). The third-order valence-electron chi connectivity index (χ3n) is 2.07. The van der Waals surface area contributed by atoms with E-state index in [-0.39, 0.29) is 6.54 Å². The number of ether oxygens (including phenoxy) is 1. The monoisotopic (exact) mass is 248 g/mol. The van der Waals surface area contributed by atoms with Crippen molar-refractivity contribution in [2.75, 3.05) is 20.2 Å². The molecule has 1 aliphatic heterocycles. The van der Waals surface area contributed by atoms with Gasteiger partial charge in [-0.1, -0.05) is 0 Å². The van der Waals surface area contributed by atoms with E-state index < -0.39 is 27.7 Å². The Balaban J connectivity index is 2.70. The summed E-state index contributed by atoms with van der Waals surface area (Å²) in [6.45, 7) is 0.440. The summed E-state index contributed by atoms with van der Waals surface area (Å²) in [5.41, 5.74) is -5.28. The lowest BCUT2D eigenvalue weighted by Crippen LogP contribution is -2.48. The molecular formula is C6H11F3N2O3S. The normalized spacial score (nSPS) is 28.3. The molecule has 0 aliphatic carbocycles. The van der Waals surface area contributed by atoms with Crippen LogP contribution < -0.4 is 10.0 Å². The van der Waals surface area contributed by atoms with Gasteiger partial charge < -0.3 is 10.1 Å². The van der Waals surface area contributed by atoms with Gasteiger partial charge in [-0.25, -0.2) is 13.1 Å². The largest absolute Gasteiger partial charge is 0.511 e. The van der Waals surface area contributed by atoms with Crippen LogP contribution in [0.3, 0.4) is 0 Å². The van der Waals surface area contributed by atoms with Crippen molar-refractivity contribution in [2.45, 2.75) is 17.7 Å². The first kappa shape index (κ1) is 12.7. The van der Waals surface area contributed by atoms with Crippen LogP contribution in [0, 0.1) is 0 Å². The molecule has 2 atom stereocenters. The fourth-order valence-electron chi connectivity index (χ4n) is 1.29. The lowest BCUT2D eigenvalue weighted by Gasteiger charge is -2.19. The predicted octanol–water partition coefficient (Wildman–Crippen LogP) is -0.588. The average Bonchev–Trinajstić information content (AvgIpc) is 2.48. The molecule has 0 bridgehead atoms. The summed E-state index contributed by atoms with van der Waals surface area (Å²) in [6, 6.07) is -0.887. The number of hydrogen-bond donors (Lipinski definition) is 2. The van der Waals surface area contributed by atoms with Crippen LogP contribution in [0.1, 0.15) is 0 Å². The minimum Gasteiger partial charge on any atom is -0.378 e. The SMILES string of the molecule is COC1CNCC1NS(=O)(=O)C(F)(F)F. The highest BCUT2D eigenvalue weighted by Gasteiger charge is 2.48. The Morgan fingerprint density at radius 3 is 2.47 bits per heavy atom. The standard InChI is InChI=1S/C6H11F3N2O3S/c1-14-5-3-10-2-4(5)11-15(12,13)6(7,8)9/h4-5,10-11H,2-3H2,1H3. The molecule has 0 aromatic heterocycles. The molecule has 2 N–H and O–H groups in total. The van der Waals surface area contributed by atoms with Crippen molar-refractivity contribution in [3.63, 3.8) is 0 Å². The average molecular weight is 248 g/mol. The van der Waals surface area contributed by atoms with Crippen LogP contribution in [-0.4, -0.2) is 46.3 Å². The second-order valence-electron chi connectivity index (χ2n) is 3.11. The zero-order chi connectivity index (χ0) is 11.7. The number of sulfonamides is 1. The van der Waals surface area contributed by atoms with Crippen LogP contribution in [0.2, 0.25) is 0 Å². The third kappa shape index (κ3) is 2.80. The number of alkyl halides is 3. The van der Waals surface area contributed by atoms with Crippen molar-refractivity contribution >= 4 is 10.0 Å². The van der Waals surface area contributed by atoms with Crippen molar-refractivity contribution < 1.29 is 26.3 Å². The number of methoxy groups -OCH3 is 1. The predicted molar refractivity (Wildman–Crippen MR) is 45.6 cm³/mol. The van der Waals surface area contributed by atoms with Gasteiger partial charge in [-0.2, -0.15) is 13.2 Å². The Bertz CT molecular complexity index is 316. The molecule has 5 nitrogen and oxygen atoms in total. The molecule has 0 spiro atoms. The zero-order valence-corrected chi connectivity index (χ0v) is 8.65. The summed E-state index contributed by atoms with van der Waals surface area (Å²) in [6.07, 6.45) is -0.581. The molecule has 0 radical (unpaired) electrons. The maximum absolute atomic E-state index is 12.0.